The Bertz CT molecular complexity index is 724. The molecule has 0 aromatic carbocycles. The zero-order chi connectivity index (χ0) is 19.5. The van der Waals surface area contributed by atoms with E-state index in [2.05, 4.69) is 33.6 Å². The molecule has 0 atom stereocenters. The van der Waals surface area contributed by atoms with Crippen LogP contribution in [0.4, 0.5) is 16.6 Å². The lowest BCUT2D eigenvalue weighted by atomic mass is 10.1. The molecule has 2 amide bonds. The first-order valence-electron chi connectivity index (χ1n) is 10.4. The predicted molar refractivity (Wildman–Crippen MR) is 111 cm³/mol. The summed E-state index contributed by atoms with van der Waals surface area (Å²) in [4.78, 5) is 31.3. The molecule has 0 bridgehead atoms. The quantitative estimate of drug-likeness (QED) is 0.783. The fraction of sp³-hybridized carbons (Fsp3) is 0.650. The number of piperazine rings is 1. The molecule has 0 unspecified atom stereocenters. The second-order valence-corrected chi connectivity index (χ2v) is 7.90. The van der Waals surface area contributed by atoms with Crippen molar-refractivity contribution in [1.29, 1.82) is 0 Å². The molecule has 3 aliphatic heterocycles. The minimum Gasteiger partial charge on any atom is -0.354 e. The van der Waals surface area contributed by atoms with E-state index in [1.165, 1.54) is 12.8 Å². The second kappa shape index (κ2) is 8.34. The van der Waals surface area contributed by atoms with Crippen molar-refractivity contribution in [2.75, 3.05) is 69.2 Å². The van der Waals surface area contributed by atoms with Crippen molar-refractivity contribution >= 4 is 17.8 Å². The van der Waals surface area contributed by atoms with E-state index >= 15 is 0 Å². The van der Waals surface area contributed by atoms with Gasteiger partial charge < -0.3 is 24.9 Å². The molecule has 0 saturated carbocycles. The Labute approximate surface area is 167 Å². The second-order valence-electron chi connectivity index (χ2n) is 7.90. The van der Waals surface area contributed by atoms with Crippen LogP contribution in [0.2, 0.25) is 0 Å². The topological polar surface area (TPSA) is 67.8 Å². The van der Waals surface area contributed by atoms with Crippen LogP contribution in [-0.4, -0.2) is 85.2 Å². The first kappa shape index (κ1) is 19.0. The van der Waals surface area contributed by atoms with Crippen LogP contribution in [0.5, 0.6) is 0 Å². The molecule has 3 aliphatic rings. The van der Waals surface area contributed by atoms with Gasteiger partial charge in [0.1, 0.15) is 5.82 Å². The Morgan fingerprint density at radius 2 is 1.82 bits per heavy atom. The highest BCUT2D eigenvalue weighted by Gasteiger charge is 2.30. The van der Waals surface area contributed by atoms with Crippen molar-refractivity contribution in [2.45, 2.75) is 25.8 Å². The van der Waals surface area contributed by atoms with Crippen LogP contribution < -0.4 is 15.1 Å². The maximum absolute atomic E-state index is 12.5. The predicted octanol–water partition coefficient (Wildman–Crippen LogP) is 1.08. The Morgan fingerprint density at radius 1 is 1.07 bits per heavy atom. The molecule has 28 heavy (non-hydrogen) atoms. The van der Waals surface area contributed by atoms with Crippen LogP contribution in [0.15, 0.2) is 12.7 Å². The van der Waals surface area contributed by atoms with E-state index in [0.717, 1.165) is 68.7 Å². The summed E-state index contributed by atoms with van der Waals surface area (Å²) in [5.41, 5.74) is 2.23. The molecule has 0 spiro atoms. The molecule has 0 radical (unpaired) electrons. The molecule has 1 aromatic rings. The molecular formula is C20H31N7O. The van der Waals surface area contributed by atoms with Gasteiger partial charge in [0.2, 0.25) is 5.95 Å². The number of hydrogen-bond acceptors (Lipinski definition) is 6. The third-order valence-electron chi connectivity index (χ3n) is 5.90. The minimum absolute atomic E-state index is 0.0431. The number of likely N-dealkylation sites (N-methyl/N-ethyl adjacent to an activating group) is 1. The SMILES string of the molecule is C=CCNC(=O)N1CCc2nc(N3CCCC3)nc(N3CCN(C)CC3)c2C1. The van der Waals surface area contributed by atoms with E-state index < -0.39 is 0 Å². The highest BCUT2D eigenvalue weighted by molar-refractivity contribution is 5.75. The average molecular weight is 386 g/mol. The van der Waals surface area contributed by atoms with Gasteiger partial charge in [-0.25, -0.2) is 9.78 Å². The smallest absolute Gasteiger partial charge is 0.317 e. The normalized spacial score (nSPS) is 20.2. The van der Waals surface area contributed by atoms with E-state index in [0.29, 0.717) is 19.6 Å². The van der Waals surface area contributed by atoms with Crippen LogP contribution in [0.1, 0.15) is 24.1 Å². The number of amides is 2. The Balaban J connectivity index is 1.63. The molecule has 2 fully saturated rings. The van der Waals surface area contributed by atoms with Gasteiger partial charge >= 0.3 is 6.03 Å². The van der Waals surface area contributed by atoms with Gasteiger partial charge in [0.25, 0.3) is 0 Å². The molecule has 152 valence electrons. The Morgan fingerprint density at radius 3 is 2.54 bits per heavy atom. The van der Waals surface area contributed by atoms with Crippen molar-refractivity contribution in [2.24, 2.45) is 0 Å². The maximum Gasteiger partial charge on any atom is 0.317 e. The van der Waals surface area contributed by atoms with Crippen LogP contribution in [0.3, 0.4) is 0 Å². The number of fused-ring (bicyclic) bond motifs is 1. The molecule has 4 rings (SSSR count). The van der Waals surface area contributed by atoms with Crippen LogP contribution in [0.25, 0.3) is 0 Å². The van der Waals surface area contributed by atoms with Gasteiger partial charge in [0.05, 0.1) is 12.2 Å². The lowest BCUT2D eigenvalue weighted by Gasteiger charge is -2.37. The van der Waals surface area contributed by atoms with Gasteiger partial charge in [0.15, 0.2) is 0 Å². The molecule has 1 N–H and O–H groups in total. The van der Waals surface area contributed by atoms with Gasteiger partial charge in [-0.3, -0.25) is 0 Å². The highest BCUT2D eigenvalue weighted by atomic mass is 16.2. The fourth-order valence-corrected chi connectivity index (χ4v) is 4.17. The minimum atomic E-state index is -0.0431. The first-order valence-corrected chi connectivity index (χ1v) is 10.4. The van der Waals surface area contributed by atoms with Gasteiger partial charge in [-0.2, -0.15) is 4.98 Å². The third-order valence-corrected chi connectivity index (χ3v) is 5.90. The molecule has 8 heteroatoms. The summed E-state index contributed by atoms with van der Waals surface area (Å²) >= 11 is 0. The molecular weight excluding hydrogens is 354 g/mol. The largest absolute Gasteiger partial charge is 0.354 e. The monoisotopic (exact) mass is 385 g/mol. The van der Waals surface area contributed by atoms with Crippen molar-refractivity contribution < 1.29 is 4.79 Å². The lowest BCUT2D eigenvalue weighted by molar-refractivity contribution is 0.193. The summed E-state index contributed by atoms with van der Waals surface area (Å²) in [7, 11) is 2.16. The van der Waals surface area contributed by atoms with Crippen molar-refractivity contribution in [3.8, 4) is 0 Å². The number of hydrogen-bond donors (Lipinski definition) is 1. The van der Waals surface area contributed by atoms with E-state index in [1.54, 1.807) is 6.08 Å². The van der Waals surface area contributed by atoms with Crippen molar-refractivity contribution in [3.63, 3.8) is 0 Å². The number of carbonyl (C=O) groups is 1. The standard InChI is InChI=1S/C20H31N7O/c1-3-7-21-20(28)27-10-6-17-16(15-27)18(25-13-11-24(2)12-14-25)23-19(22-17)26-8-4-5-9-26/h3H,1,4-15H2,2H3,(H,21,28). The third kappa shape index (κ3) is 3.92. The summed E-state index contributed by atoms with van der Waals surface area (Å²) in [5.74, 6) is 1.90. The number of nitrogens with one attached hydrogen (secondary N) is 1. The summed E-state index contributed by atoms with van der Waals surface area (Å²) in [6.07, 6.45) is 4.90. The van der Waals surface area contributed by atoms with E-state index in [-0.39, 0.29) is 6.03 Å². The van der Waals surface area contributed by atoms with Gasteiger partial charge in [-0.1, -0.05) is 6.08 Å². The zero-order valence-corrected chi connectivity index (χ0v) is 16.9. The summed E-state index contributed by atoms with van der Waals surface area (Å²) < 4.78 is 0. The van der Waals surface area contributed by atoms with E-state index in [4.69, 9.17) is 9.97 Å². The van der Waals surface area contributed by atoms with Crippen LogP contribution >= 0.6 is 0 Å². The number of nitrogens with zero attached hydrogens (tertiary/aromatic N) is 6. The Kier molecular flexibility index (Phi) is 5.66. The molecule has 1 aromatic heterocycles. The summed E-state index contributed by atoms with van der Waals surface area (Å²) in [5, 5.41) is 2.89. The Hall–Kier alpha value is -2.35. The van der Waals surface area contributed by atoms with Crippen molar-refractivity contribution in [1.82, 2.24) is 25.1 Å². The number of urea groups is 1. The van der Waals surface area contributed by atoms with E-state index in [9.17, 15) is 4.79 Å². The number of aromatic nitrogens is 2. The van der Waals surface area contributed by atoms with Crippen LogP contribution in [0, 0.1) is 0 Å². The number of anilines is 2. The summed E-state index contributed by atoms with van der Waals surface area (Å²) in [6.45, 7) is 11.5. The number of carbonyl (C=O) groups excluding carboxylic acids is 1. The molecule has 2 saturated heterocycles. The first-order chi connectivity index (χ1) is 13.7. The molecule has 0 aliphatic carbocycles. The van der Waals surface area contributed by atoms with Gasteiger partial charge in [-0.15, -0.1) is 6.58 Å². The van der Waals surface area contributed by atoms with Gasteiger partial charge in [0, 0.05) is 64.3 Å². The van der Waals surface area contributed by atoms with Gasteiger partial charge in [-0.05, 0) is 19.9 Å². The van der Waals surface area contributed by atoms with Crippen LogP contribution in [-0.2, 0) is 13.0 Å². The van der Waals surface area contributed by atoms with E-state index in [1.807, 2.05) is 4.90 Å². The highest BCUT2D eigenvalue weighted by Crippen LogP contribution is 2.30. The zero-order valence-electron chi connectivity index (χ0n) is 16.9. The summed E-state index contributed by atoms with van der Waals surface area (Å²) in [6, 6.07) is -0.0431. The lowest BCUT2D eigenvalue weighted by Crippen LogP contribution is -2.47. The maximum atomic E-state index is 12.5. The molecule has 8 nitrogen and oxygen atoms in total. The van der Waals surface area contributed by atoms with Crippen molar-refractivity contribution in [3.05, 3.63) is 23.9 Å². The molecule has 4 heterocycles. The number of rotatable bonds is 4. The average Bonchev–Trinajstić information content (AvgIpc) is 3.26. The fourth-order valence-electron chi connectivity index (χ4n) is 4.17.